The normalized spacial score (nSPS) is 18.9. The summed E-state index contributed by atoms with van der Waals surface area (Å²) in [5.41, 5.74) is -1.17. The Hall–Kier alpha value is -5.41. The lowest BCUT2D eigenvalue weighted by molar-refractivity contribution is 0.237. The highest BCUT2D eigenvalue weighted by molar-refractivity contribution is 8.02. The quantitative estimate of drug-likeness (QED) is 0.223. The second-order valence-corrected chi connectivity index (χ2v) is 11.9. The van der Waals surface area contributed by atoms with Crippen LogP contribution in [0.3, 0.4) is 0 Å². The van der Waals surface area contributed by atoms with E-state index >= 15 is 0 Å². The number of ether oxygens (including phenoxy) is 3. The summed E-state index contributed by atoms with van der Waals surface area (Å²) >= 11 is 1.26. The molecule has 0 amide bonds. The fourth-order valence-corrected chi connectivity index (χ4v) is 8.58. The minimum atomic E-state index is -2.23. The lowest BCUT2D eigenvalue weighted by Crippen LogP contribution is -2.52. The molecular formula is C36H28N4O3S. The van der Waals surface area contributed by atoms with Gasteiger partial charge in [0.25, 0.3) is 0 Å². The van der Waals surface area contributed by atoms with Crippen LogP contribution in [-0.2, 0) is 9.49 Å². The lowest BCUT2D eigenvalue weighted by atomic mass is 9.50. The van der Waals surface area contributed by atoms with E-state index in [-0.39, 0.29) is 0 Å². The summed E-state index contributed by atoms with van der Waals surface area (Å²) in [4.78, 5) is 0. The number of thioether (sulfide) groups is 1. The largest absolute Gasteiger partial charge is 0.497 e. The summed E-state index contributed by atoms with van der Waals surface area (Å²) in [6.45, 7) is 1.95. The van der Waals surface area contributed by atoms with Crippen LogP contribution in [0.15, 0.2) is 97.1 Å². The third-order valence-electron chi connectivity index (χ3n) is 8.54. The second kappa shape index (κ2) is 11.3. The van der Waals surface area contributed by atoms with Crippen molar-refractivity contribution in [1.82, 2.24) is 0 Å². The highest BCUT2D eigenvalue weighted by Gasteiger charge is 2.83. The molecule has 216 valence electrons. The van der Waals surface area contributed by atoms with Crippen LogP contribution in [0.25, 0.3) is 0 Å². The Labute approximate surface area is 261 Å². The van der Waals surface area contributed by atoms with Gasteiger partial charge in [-0.15, -0.1) is 11.8 Å². The van der Waals surface area contributed by atoms with Crippen LogP contribution in [0.2, 0.25) is 0 Å². The van der Waals surface area contributed by atoms with E-state index < -0.39 is 20.3 Å². The van der Waals surface area contributed by atoms with Crippen molar-refractivity contribution in [2.45, 2.75) is 16.4 Å². The molecule has 1 atom stereocenters. The van der Waals surface area contributed by atoms with E-state index in [2.05, 4.69) is 24.3 Å². The van der Waals surface area contributed by atoms with Crippen molar-refractivity contribution in [3.8, 4) is 41.5 Å². The summed E-state index contributed by atoms with van der Waals surface area (Å²) in [6, 6.07) is 37.9. The Morgan fingerprint density at radius 1 is 0.455 bits per heavy atom. The van der Waals surface area contributed by atoms with E-state index in [1.165, 1.54) is 11.8 Å². The monoisotopic (exact) mass is 596 g/mol. The molecule has 0 spiro atoms. The zero-order valence-corrected chi connectivity index (χ0v) is 25.5. The number of nitrogens with zero attached hydrogens (tertiary/aromatic N) is 4. The van der Waals surface area contributed by atoms with E-state index in [1.54, 1.807) is 94.1 Å². The molecule has 4 aromatic carbocycles. The fourth-order valence-electron chi connectivity index (χ4n) is 6.31. The third-order valence-corrected chi connectivity index (χ3v) is 10.7. The highest BCUT2D eigenvalue weighted by atomic mass is 32.2. The fraction of sp³-hybridized carbons (Fsp3) is 0.222. The van der Waals surface area contributed by atoms with Crippen molar-refractivity contribution in [2.75, 3.05) is 21.3 Å². The van der Waals surface area contributed by atoms with Crippen LogP contribution in [-0.4, -0.2) is 21.3 Å². The first-order valence-corrected chi connectivity index (χ1v) is 14.5. The first-order chi connectivity index (χ1) is 21.3. The van der Waals surface area contributed by atoms with E-state index in [1.807, 2.05) is 31.2 Å². The van der Waals surface area contributed by atoms with Gasteiger partial charge in [0.15, 0.2) is 10.8 Å². The molecule has 1 saturated heterocycles. The van der Waals surface area contributed by atoms with E-state index in [4.69, 9.17) is 14.2 Å². The van der Waals surface area contributed by atoms with Gasteiger partial charge in [0, 0.05) is 0 Å². The maximum Gasteiger partial charge on any atom is 0.200 e. The molecule has 0 aromatic heterocycles. The van der Waals surface area contributed by atoms with Crippen molar-refractivity contribution in [1.29, 1.82) is 21.0 Å². The van der Waals surface area contributed by atoms with Crippen molar-refractivity contribution >= 4 is 11.8 Å². The molecule has 1 heterocycles. The molecule has 1 fully saturated rings. The molecule has 44 heavy (non-hydrogen) atoms. The molecule has 0 saturated carbocycles. The molecule has 4 aromatic rings. The van der Waals surface area contributed by atoms with Gasteiger partial charge >= 0.3 is 0 Å². The van der Waals surface area contributed by atoms with Gasteiger partial charge in [-0.05, 0) is 65.6 Å². The average Bonchev–Trinajstić information content (AvgIpc) is 3.33. The van der Waals surface area contributed by atoms with Crippen LogP contribution < -0.4 is 14.2 Å². The molecule has 1 unspecified atom stereocenters. The van der Waals surface area contributed by atoms with E-state index in [0.29, 0.717) is 39.5 Å². The summed E-state index contributed by atoms with van der Waals surface area (Å²) in [5.74, 6) is 1.74. The van der Waals surface area contributed by atoms with Gasteiger partial charge < -0.3 is 14.2 Å². The molecule has 0 radical (unpaired) electrons. The Morgan fingerprint density at radius 2 is 0.705 bits per heavy atom. The van der Waals surface area contributed by atoms with Crippen LogP contribution in [0.1, 0.15) is 27.8 Å². The number of aryl methyl sites for hydroxylation is 1. The minimum Gasteiger partial charge on any atom is -0.497 e. The number of rotatable bonds is 7. The first-order valence-electron chi connectivity index (χ1n) is 13.7. The van der Waals surface area contributed by atoms with Crippen molar-refractivity contribution in [3.63, 3.8) is 0 Å². The third kappa shape index (κ3) is 3.86. The lowest BCUT2D eigenvalue weighted by Gasteiger charge is -2.40. The molecule has 0 bridgehead atoms. The molecule has 1 aliphatic rings. The maximum atomic E-state index is 11.3. The van der Waals surface area contributed by atoms with Gasteiger partial charge in [0.2, 0.25) is 0 Å². The molecule has 1 aliphatic heterocycles. The van der Waals surface area contributed by atoms with Gasteiger partial charge in [-0.2, -0.15) is 21.0 Å². The van der Waals surface area contributed by atoms with E-state index in [9.17, 15) is 21.0 Å². The van der Waals surface area contributed by atoms with Crippen molar-refractivity contribution in [2.24, 2.45) is 10.8 Å². The number of hydrogen-bond donors (Lipinski definition) is 0. The van der Waals surface area contributed by atoms with E-state index in [0.717, 1.165) is 5.56 Å². The van der Waals surface area contributed by atoms with Crippen molar-refractivity contribution in [3.05, 3.63) is 125 Å². The molecular weight excluding hydrogens is 568 g/mol. The van der Waals surface area contributed by atoms with Gasteiger partial charge in [-0.1, -0.05) is 66.2 Å². The molecule has 5 rings (SSSR count). The second-order valence-electron chi connectivity index (χ2n) is 10.5. The minimum absolute atomic E-state index is 0.564. The average molecular weight is 597 g/mol. The maximum absolute atomic E-state index is 11.3. The SMILES string of the molecule is COc1ccc(C2(c3ccc(C)cc3)SC(c3ccc(OC)cc3)(c3ccc(OC)cc3)C(C#N)(C#N)C2(C#N)C#N)cc1. The molecule has 8 heteroatoms. The number of benzene rings is 4. The number of methoxy groups -OCH3 is 3. The highest BCUT2D eigenvalue weighted by Crippen LogP contribution is 2.80. The van der Waals surface area contributed by atoms with Crippen LogP contribution in [0.5, 0.6) is 17.2 Å². The van der Waals surface area contributed by atoms with Crippen LogP contribution in [0.4, 0.5) is 0 Å². The summed E-state index contributed by atoms with van der Waals surface area (Å²) in [5, 5.41) is 45.1. The topological polar surface area (TPSA) is 123 Å². The Kier molecular flexibility index (Phi) is 7.75. The smallest absolute Gasteiger partial charge is 0.200 e. The van der Waals surface area contributed by atoms with Crippen LogP contribution in [0, 0.1) is 63.1 Å². The zero-order valence-electron chi connectivity index (χ0n) is 24.7. The Morgan fingerprint density at radius 3 is 0.932 bits per heavy atom. The van der Waals surface area contributed by atoms with Gasteiger partial charge in [0.05, 0.1) is 45.6 Å². The van der Waals surface area contributed by atoms with Gasteiger partial charge in [0.1, 0.15) is 26.7 Å². The van der Waals surface area contributed by atoms with Crippen molar-refractivity contribution < 1.29 is 14.2 Å². The van der Waals surface area contributed by atoms with Gasteiger partial charge in [-0.3, -0.25) is 0 Å². The zero-order chi connectivity index (χ0) is 31.6. The number of nitriles is 4. The molecule has 0 aliphatic carbocycles. The van der Waals surface area contributed by atoms with Gasteiger partial charge in [-0.25, -0.2) is 0 Å². The Bertz CT molecular complexity index is 1770. The number of hydrogen-bond acceptors (Lipinski definition) is 8. The summed E-state index contributed by atoms with van der Waals surface area (Å²) < 4.78 is 13.2. The molecule has 0 N–H and O–H groups in total. The van der Waals surface area contributed by atoms with Crippen LogP contribution >= 0.6 is 11.8 Å². The predicted octanol–water partition coefficient (Wildman–Crippen LogP) is 7.02. The summed E-state index contributed by atoms with van der Waals surface area (Å²) in [6.07, 6.45) is 0. The summed E-state index contributed by atoms with van der Waals surface area (Å²) in [7, 11) is 4.66. The predicted molar refractivity (Wildman–Crippen MR) is 167 cm³/mol. The first kappa shape index (κ1) is 30.1. The Balaban J connectivity index is 2.03. The molecule has 7 nitrogen and oxygen atoms in total. The standard InChI is InChI=1S/C36H28N4O3S/c1-25-5-7-26(8-6-25)35(27-9-15-30(41-2)16-10-27)33(21-37,22-38)34(23-39,24-40)36(44-35,28-11-17-31(42-3)18-12-28)29-13-19-32(43-4)20-14-29/h5-20H,1-4H3.